The third-order valence-corrected chi connectivity index (χ3v) is 6.99. The topological polar surface area (TPSA) is 189 Å². The Bertz CT molecular complexity index is 1370. The Morgan fingerprint density at radius 2 is 1.69 bits per heavy atom. The number of carbonyl (C=O) groups excluding carboxylic acids is 3. The van der Waals surface area contributed by atoms with E-state index < -0.39 is 23.9 Å². The molecular weight excluding hydrogens is 534 g/mol. The van der Waals surface area contributed by atoms with Crippen molar-refractivity contribution in [3.63, 3.8) is 0 Å². The van der Waals surface area contributed by atoms with Gasteiger partial charge in [-0.3, -0.25) is 19.4 Å². The van der Waals surface area contributed by atoms with Crippen LogP contribution in [0.15, 0.2) is 71.7 Å². The van der Waals surface area contributed by atoms with Crippen LogP contribution in [0, 0.1) is 0 Å². The van der Waals surface area contributed by atoms with E-state index in [0.717, 1.165) is 21.9 Å². The highest BCUT2D eigenvalue weighted by Gasteiger charge is 2.25. The Kier molecular flexibility index (Phi) is 12.1. The van der Waals surface area contributed by atoms with Gasteiger partial charge >= 0.3 is 0 Å². The molecule has 0 bridgehead atoms. The number of amides is 3. The molecule has 0 aliphatic carbocycles. The molecule has 3 aromatic carbocycles. The molecule has 3 aromatic rings. The molecule has 9 N–H and O–H groups in total. The van der Waals surface area contributed by atoms with Crippen LogP contribution in [0.3, 0.4) is 0 Å². The van der Waals surface area contributed by atoms with Crippen molar-refractivity contribution < 1.29 is 19.5 Å². The zero-order chi connectivity index (χ0) is 30.5. The SMILES string of the molecule is CCN(CCc1cccc2ccccc12)C(=O)CNC(=O)[C@@H](CCCN=C(N)N)NC(=O)[C@@H](N)Cc1ccc(O)cc1. The quantitative estimate of drug-likeness (QED) is 0.0890. The molecule has 3 amide bonds. The van der Waals surface area contributed by atoms with E-state index >= 15 is 0 Å². The highest BCUT2D eigenvalue weighted by molar-refractivity contribution is 5.92. The van der Waals surface area contributed by atoms with Gasteiger partial charge in [0.1, 0.15) is 11.8 Å². The molecule has 0 radical (unpaired) electrons. The molecule has 11 heteroatoms. The van der Waals surface area contributed by atoms with E-state index in [9.17, 15) is 19.5 Å². The van der Waals surface area contributed by atoms with E-state index in [1.165, 1.54) is 12.1 Å². The zero-order valence-corrected chi connectivity index (χ0v) is 24.0. The molecule has 0 heterocycles. The maximum absolute atomic E-state index is 13.1. The summed E-state index contributed by atoms with van der Waals surface area (Å²) in [7, 11) is 0. The fourth-order valence-electron chi connectivity index (χ4n) is 4.65. The minimum Gasteiger partial charge on any atom is -0.508 e. The molecule has 2 atom stereocenters. The highest BCUT2D eigenvalue weighted by Crippen LogP contribution is 2.19. The average Bonchev–Trinajstić information content (AvgIpc) is 2.98. The first-order valence-corrected chi connectivity index (χ1v) is 14.1. The van der Waals surface area contributed by atoms with Crippen LogP contribution in [0.5, 0.6) is 5.75 Å². The van der Waals surface area contributed by atoms with Crippen LogP contribution in [0.2, 0.25) is 0 Å². The number of nitrogens with zero attached hydrogens (tertiary/aromatic N) is 2. The first-order valence-electron chi connectivity index (χ1n) is 14.1. The normalized spacial score (nSPS) is 12.2. The summed E-state index contributed by atoms with van der Waals surface area (Å²) in [5.41, 5.74) is 18.8. The molecule has 224 valence electrons. The van der Waals surface area contributed by atoms with Crippen molar-refractivity contribution in [2.45, 2.75) is 44.7 Å². The number of carbonyl (C=O) groups is 3. The second-order valence-corrected chi connectivity index (χ2v) is 10.1. The standard InChI is InChI=1S/C31H41N7O4/c1-2-38(18-16-23-9-5-8-22-7-3-4-10-25(22)23)28(40)20-36-30(42)27(11-6-17-35-31(33)34)37-29(41)26(32)19-21-12-14-24(39)15-13-21/h3-5,7-10,12-15,26-27,39H,2,6,11,16-20,32H2,1H3,(H,36,42)(H,37,41)(H4,33,34,35)/t26-,27+/m0/s1. The number of rotatable bonds is 15. The van der Waals surface area contributed by atoms with Crippen LogP contribution in [0.25, 0.3) is 10.8 Å². The molecule has 0 aliphatic rings. The van der Waals surface area contributed by atoms with Gasteiger partial charge in [0.25, 0.3) is 0 Å². The van der Waals surface area contributed by atoms with E-state index in [0.29, 0.717) is 25.9 Å². The summed E-state index contributed by atoms with van der Waals surface area (Å²) in [5, 5.41) is 17.2. The van der Waals surface area contributed by atoms with Gasteiger partial charge in [0.15, 0.2) is 5.96 Å². The number of guanidine groups is 1. The number of aromatic hydroxyl groups is 1. The molecular formula is C31H41N7O4. The fraction of sp³-hybridized carbons (Fsp3) is 0.355. The van der Waals surface area contributed by atoms with Crippen LogP contribution in [-0.2, 0) is 27.2 Å². The number of nitrogens with two attached hydrogens (primary N) is 3. The van der Waals surface area contributed by atoms with Crippen molar-refractivity contribution in [2.75, 3.05) is 26.2 Å². The van der Waals surface area contributed by atoms with Crippen molar-refractivity contribution >= 4 is 34.5 Å². The van der Waals surface area contributed by atoms with Gasteiger partial charge in [-0.2, -0.15) is 0 Å². The van der Waals surface area contributed by atoms with Gasteiger partial charge in [0, 0.05) is 19.6 Å². The summed E-state index contributed by atoms with van der Waals surface area (Å²) in [6.07, 6.45) is 1.56. The number of nitrogens with one attached hydrogen (secondary N) is 2. The second kappa shape index (κ2) is 16.0. The second-order valence-electron chi connectivity index (χ2n) is 10.1. The molecule has 0 saturated heterocycles. The molecule has 0 fully saturated rings. The van der Waals surface area contributed by atoms with Crippen molar-refractivity contribution in [1.29, 1.82) is 0 Å². The van der Waals surface area contributed by atoms with E-state index in [2.05, 4.69) is 39.9 Å². The third kappa shape index (κ3) is 9.77. The Balaban J connectivity index is 1.58. The van der Waals surface area contributed by atoms with Crippen molar-refractivity contribution in [2.24, 2.45) is 22.2 Å². The number of benzene rings is 3. The molecule has 3 rings (SSSR count). The third-order valence-electron chi connectivity index (χ3n) is 6.99. The lowest BCUT2D eigenvalue weighted by Crippen LogP contribution is -2.53. The predicted molar refractivity (Wildman–Crippen MR) is 165 cm³/mol. The zero-order valence-electron chi connectivity index (χ0n) is 24.0. The Labute approximate surface area is 246 Å². The monoisotopic (exact) mass is 575 g/mol. The van der Waals surface area contributed by atoms with E-state index in [1.54, 1.807) is 17.0 Å². The van der Waals surface area contributed by atoms with Gasteiger partial charge in [0.05, 0.1) is 12.6 Å². The Morgan fingerprint density at radius 1 is 0.976 bits per heavy atom. The number of phenols is 1. The van der Waals surface area contributed by atoms with Gasteiger partial charge in [-0.05, 0) is 66.6 Å². The lowest BCUT2D eigenvalue weighted by atomic mass is 10.0. The number of hydrogen-bond donors (Lipinski definition) is 6. The van der Waals surface area contributed by atoms with Crippen LogP contribution < -0.4 is 27.8 Å². The molecule has 11 nitrogen and oxygen atoms in total. The Hall–Kier alpha value is -4.64. The molecule has 0 aromatic heterocycles. The summed E-state index contributed by atoms with van der Waals surface area (Å²) in [5.74, 6) is -1.19. The van der Waals surface area contributed by atoms with Gasteiger partial charge < -0.3 is 37.8 Å². The largest absolute Gasteiger partial charge is 0.508 e. The lowest BCUT2D eigenvalue weighted by molar-refractivity contribution is -0.134. The average molecular weight is 576 g/mol. The number of phenolic OH excluding ortho intramolecular Hbond substituents is 1. The van der Waals surface area contributed by atoms with Gasteiger partial charge in [-0.1, -0.05) is 54.6 Å². The summed E-state index contributed by atoms with van der Waals surface area (Å²) in [4.78, 5) is 44.6. The predicted octanol–water partition coefficient (Wildman–Crippen LogP) is 1.16. The summed E-state index contributed by atoms with van der Waals surface area (Å²) in [6.45, 7) is 2.96. The van der Waals surface area contributed by atoms with Gasteiger partial charge in [-0.25, -0.2) is 0 Å². The Morgan fingerprint density at radius 3 is 2.40 bits per heavy atom. The summed E-state index contributed by atoms with van der Waals surface area (Å²) in [6, 6.07) is 18.8. The van der Waals surface area contributed by atoms with Crippen molar-refractivity contribution in [3.8, 4) is 5.75 Å². The molecule has 0 saturated carbocycles. The molecule has 0 unspecified atom stereocenters. The highest BCUT2D eigenvalue weighted by atomic mass is 16.3. The number of likely N-dealkylation sites (N-methyl/N-ethyl adjacent to an activating group) is 1. The maximum Gasteiger partial charge on any atom is 0.243 e. The minimum absolute atomic E-state index is 0.0651. The van der Waals surface area contributed by atoms with E-state index in [-0.39, 0.29) is 43.5 Å². The van der Waals surface area contributed by atoms with Crippen LogP contribution >= 0.6 is 0 Å². The minimum atomic E-state index is -0.934. The van der Waals surface area contributed by atoms with Crippen molar-refractivity contribution in [3.05, 3.63) is 77.9 Å². The first-order chi connectivity index (χ1) is 20.2. The van der Waals surface area contributed by atoms with Crippen LogP contribution in [-0.4, -0.2) is 72.0 Å². The van der Waals surface area contributed by atoms with Gasteiger partial charge in [0.2, 0.25) is 17.7 Å². The van der Waals surface area contributed by atoms with E-state index in [4.69, 9.17) is 17.2 Å². The lowest BCUT2D eigenvalue weighted by Gasteiger charge is -2.23. The molecule has 42 heavy (non-hydrogen) atoms. The molecule has 0 aliphatic heterocycles. The number of aliphatic imine (C=N–C) groups is 1. The first kappa shape index (κ1) is 31.9. The van der Waals surface area contributed by atoms with Gasteiger partial charge in [-0.15, -0.1) is 0 Å². The summed E-state index contributed by atoms with van der Waals surface area (Å²) < 4.78 is 0. The van der Waals surface area contributed by atoms with Crippen LogP contribution in [0.4, 0.5) is 0 Å². The smallest absolute Gasteiger partial charge is 0.243 e. The number of hydrogen-bond acceptors (Lipinski definition) is 6. The van der Waals surface area contributed by atoms with Crippen LogP contribution in [0.1, 0.15) is 30.9 Å². The summed E-state index contributed by atoms with van der Waals surface area (Å²) >= 11 is 0. The fourth-order valence-corrected chi connectivity index (χ4v) is 4.65. The van der Waals surface area contributed by atoms with E-state index in [1.807, 2.05) is 25.1 Å². The molecule has 0 spiro atoms. The number of fused-ring (bicyclic) bond motifs is 1. The van der Waals surface area contributed by atoms with Crippen molar-refractivity contribution in [1.82, 2.24) is 15.5 Å². The maximum atomic E-state index is 13.1.